The lowest BCUT2D eigenvalue weighted by Crippen LogP contribution is -1.98. The summed E-state index contributed by atoms with van der Waals surface area (Å²) in [5.41, 5.74) is 8.09. The maximum absolute atomic E-state index is 5.02. The molecule has 0 saturated heterocycles. The molecule has 156 valence electrons. The van der Waals surface area contributed by atoms with E-state index >= 15 is 0 Å². The minimum absolute atomic E-state index is 0.905. The average Bonchev–Trinajstić information content (AvgIpc) is 3.29. The van der Waals surface area contributed by atoms with Gasteiger partial charge in [0, 0.05) is 34.8 Å². The predicted molar refractivity (Wildman–Crippen MR) is 133 cm³/mol. The number of benzene rings is 3. The SMILES string of the molecule is c1ccc(-c2nc3ccc(-c4ccccn4)cc3n2-c2cccc(-c3ccccn3)c2)cc1. The minimum atomic E-state index is 0.905. The largest absolute Gasteiger partial charge is 0.292 e. The van der Waals surface area contributed by atoms with Crippen LogP contribution in [-0.4, -0.2) is 19.5 Å². The molecule has 0 aliphatic heterocycles. The molecule has 0 fully saturated rings. The molecule has 3 aromatic heterocycles. The second-order valence-electron chi connectivity index (χ2n) is 7.82. The van der Waals surface area contributed by atoms with Gasteiger partial charge in [-0.1, -0.05) is 60.7 Å². The van der Waals surface area contributed by atoms with E-state index in [0.717, 1.165) is 50.6 Å². The van der Waals surface area contributed by atoms with E-state index in [1.807, 2.05) is 67.0 Å². The zero-order valence-corrected chi connectivity index (χ0v) is 17.8. The van der Waals surface area contributed by atoms with Gasteiger partial charge in [0.2, 0.25) is 0 Å². The Bertz CT molecular complexity index is 1540. The first-order chi connectivity index (χ1) is 16.4. The van der Waals surface area contributed by atoms with Gasteiger partial charge in [-0.25, -0.2) is 4.98 Å². The molecule has 0 saturated carbocycles. The first-order valence-corrected chi connectivity index (χ1v) is 10.9. The standard InChI is InChI=1S/C29H20N4/c1-2-9-21(10-3-1)29-32-27-16-15-23(26-14-5-7-18-31-26)20-28(27)33(29)24-12-8-11-22(19-24)25-13-4-6-17-30-25/h1-20H. The van der Waals surface area contributed by atoms with Gasteiger partial charge < -0.3 is 0 Å². The van der Waals surface area contributed by atoms with Crippen molar-refractivity contribution in [3.63, 3.8) is 0 Å². The van der Waals surface area contributed by atoms with Crippen LogP contribution in [0.3, 0.4) is 0 Å². The van der Waals surface area contributed by atoms with Crippen molar-refractivity contribution in [1.82, 2.24) is 19.5 Å². The summed E-state index contributed by atoms with van der Waals surface area (Å²) in [7, 11) is 0. The average molecular weight is 425 g/mol. The van der Waals surface area contributed by atoms with Gasteiger partial charge in [0.05, 0.1) is 22.4 Å². The number of imidazole rings is 1. The Hall–Kier alpha value is -4.57. The van der Waals surface area contributed by atoms with Crippen molar-refractivity contribution in [3.05, 3.63) is 122 Å². The number of fused-ring (bicyclic) bond motifs is 1. The van der Waals surface area contributed by atoms with Gasteiger partial charge in [-0.2, -0.15) is 0 Å². The molecular formula is C29H20N4. The van der Waals surface area contributed by atoms with Gasteiger partial charge in [0.1, 0.15) is 5.82 Å². The summed E-state index contributed by atoms with van der Waals surface area (Å²) in [6, 6.07) is 37.0. The van der Waals surface area contributed by atoms with Gasteiger partial charge >= 0.3 is 0 Å². The molecule has 0 aliphatic rings. The summed E-state index contributed by atoms with van der Waals surface area (Å²) in [5.74, 6) is 0.905. The topological polar surface area (TPSA) is 43.6 Å². The molecule has 0 aliphatic carbocycles. The lowest BCUT2D eigenvalue weighted by Gasteiger charge is -2.12. The highest BCUT2D eigenvalue weighted by Crippen LogP contribution is 2.32. The van der Waals surface area contributed by atoms with Gasteiger partial charge in [-0.15, -0.1) is 0 Å². The van der Waals surface area contributed by atoms with E-state index in [1.165, 1.54) is 0 Å². The Labute approximate surface area is 191 Å². The van der Waals surface area contributed by atoms with Crippen LogP contribution in [0.1, 0.15) is 0 Å². The van der Waals surface area contributed by atoms with Crippen molar-refractivity contribution in [2.75, 3.05) is 0 Å². The van der Waals surface area contributed by atoms with E-state index in [9.17, 15) is 0 Å². The molecule has 0 radical (unpaired) electrons. The summed E-state index contributed by atoms with van der Waals surface area (Å²) in [6.45, 7) is 0. The van der Waals surface area contributed by atoms with Gasteiger partial charge in [-0.05, 0) is 48.5 Å². The van der Waals surface area contributed by atoms with Crippen molar-refractivity contribution in [1.29, 1.82) is 0 Å². The normalized spacial score (nSPS) is 11.0. The molecule has 0 spiro atoms. The van der Waals surface area contributed by atoms with E-state index in [1.54, 1.807) is 0 Å². The van der Waals surface area contributed by atoms with E-state index in [4.69, 9.17) is 4.98 Å². The highest BCUT2D eigenvalue weighted by atomic mass is 15.1. The number of rotatable bonds is 4. The fraction of sp³-hybridized carbons (Fsp3) is 0. The first-order valence-electron chi connectivity index (χ1n) is 10.9. The molecule has 3 heterocycles. The van der Waals surface area contributed by atoms with E-state index in [-0.39, 0.29) is 0 Å². The Morgan fingerprint density at radius 2 is 1.18 bits per heavy atom. The zero-order valence-electron chi connectivity index (χ0n) is 17.8. The van der Waals surface area contributed by atoms with Crippen molar-refractivity contribution in [3.8, 4) is 39.6 Å². The number of hydrogen-bond acceptors (Lipinski definition) is 3. The fourth-order valence-corrected chi connectivity index (χ4v) is 4.15. The minimum Gasteiger partial charge on any atom is -0.292 e. The van der Waals surface area contributed by atoms with Crippen LogP contribution < -0.4 is 0 Å². The second-order valence-corrected chi connectivity index (χ2v) is 7.82. The maximum Gasteiger partial charge on any atom is 0.145 e. The van der Waals surface area contributed by atoms with Gasteiger partial charge in [-0.3, -0.25) is 14.5 Å². The molecule has 0 amide bonds. The van der Waals surface area contributed by atoms with E-state index < -0.39 is 0 Å². The van der Waals surface area contributed by atoms with Crippen molar-refractivity contribution in [2.45, 2.75) is 0 Å². The third-order valence-corrected chi connectivity index (χ3v) is 5.71. The van der Waals surface area contributed by atoms with Gasteiger partial charge in [0.15, 0.2) is 0 Å². The summed E-state index contributed by atoms with van der Waals surface area (Å²) in [5, 5.41) is 0. The van der Waals surface area contributed by atoms with Crippen molar-refractivity contribution >= 4 is 11.0 Å². The Morgan fingerprint density at radius 1 is 0.515 bits per heavy atom. The monoisotopic (exact) mass is 424 g/mol. The first kappa shape index (κ1) is 19.1. The highest BCUT2D eigenvalue weighted by Gasteiger charge is 2.16. The molecule has 6 rings (SSSR count). The van der Waals surface area contributed by atoms with Crippen LogP contribution in [0.5, 0.6) is 0 Å². The molecule has 3 aromatic carbocycles. The van der Waals surface area contributed by atoms with Crippen LogP contribution in [0.15, 0.2) is 122 Å². The Balaban J connectivity index is 1.61. The number of aromatic nitrogens is 4. The molecule has 4 heteroatoms. The molecule has 0 N–H and O–H groups in total. The lowest BCUT2D eigenvalue weighted by molar-refractivity contribution is 1.10. The summed E-state index contributed by atoms with van der Waals surface area (Å²) in [4.78, 5) is 14.1. The van der Waals surface area contributed by atoms with Crippen LogP contribution in [0.4, 0.5) is 0 Å². The van der Waals surface area contributed by atoms with Crippen LogP contribution in [0.2, 0.25) is 0 Å². The molecule has 6 aromatic rings. The van der Waals surface area contributed by atoms with Crippen molar-refractivity contribution < 1.29 is 0 Å². The smallest absolute Gasteiger partial charge is 0.145 e. The molecule has 33 heavy (non-hydrogen) atoms. The quantitative estimate of drug-likeness (QED) is 0.312. The fourth-order valence-electron chi connectivity index (χ4n) is 4.15. The van der Waals surface area contributed by atoms with Crippen LogP contribution in [0, 0.1) is 0 Å². The molecular weight excluding hydrogens is 404 g/mol. The molecule has 4 nitrogen and oxygen atoms in total. The van der Waals surface area contributed by atoms with Crippen LogP contribution >= 0.6 is 0 Å². The molecule has 0 bridgehead atoms. The predicted octanol–water partition coefficient (Wildman–Crippen LogP) is 6.82. The summed E-state index contributed by atoms with van der Waals surface area (Å²) >= 11 is 0. The van der Waals surface area contributed by atoms with Crippen molar-refractivity contribution in [2.24, 2.45) is 0 Å². The maximum atomic E-state index is 5.02. The third kappa shape index (κ3) is 3.58. The number of hydrogen-bond donors (Lipinski definition) is 0. The highest BCUT2D eigenvalue weighted by molar-refractivity contribution is 5.87. The number of nitrogens with zero attached hydrogens (tertiary/aromatic N) is 4. The lowest BCUT2D eigenvalue weighted by atomic mass is 10.1. The second kappa shape index (κ2) is 8.17. The van der Waals surface area contributed by atoms with E-state index in [0.29, 0.717) is 0 Å². The zero-order chi connectivity index (χ0) is 22.0. The van der Waals surface area contributed by atoms with E-state index in [2.05, 4.69) is 69.1 Å². The Morgan fingerprint density at radius 3 is 1.88 bits per heavy atom. The third-order valence-electron chi connectivity index (χ3n) is 5.71. The van der Waals surface area contributed by atoms with Gasteiger partial charge in [0.25, 0.3) is 0 Å². The van der Waals surface area contributed by atoms with Crippen LogP contribution in [-0.2, 0) is 0 Å². The molecule has 0 unspecified atom stereocenters. The summed E-state index contributed by atoms with van der Waals surface area (Å²) in [6.07, 6.45) is 3.64. The molecule has 0 atom stereocenters. The Kier molecular flexibility index (Phi) is 4.74. The van der Waals surface area contributed by atoms with Crippen LogP contribution in [0.25, 0.3) is 50.6 Å². The summed E-state index contributed by atoms with van der Waals surface area (Å²) < 4.78 is 2.23. The number of pyridine rings is 2.